The van der Waals surface area contributed by atoms with E-state index in [9.17, 15) is 4.79 Å². The van der Waals surface area contributed by atoms with Crippen LogP contribution in [0.15, 0.2) is 72.8 Å². The highest BCUT2D eigenvalue weighted by Crippen LogP contribution is 2.28. The van der Waals surface area contributed by atoms with Gasteiger partial charge < -0.3 is 21.1 Å². The van der Waals surface area contributed by atoms with Gasteiger partial charge in [-0.1, -0.05) is 60.7 Å². The normalized spacial score (nSPS) is 13.6. The number of thiol groups is 1. The van der Waals surface area contributed by atoms with Crippen LogP contribution in [0.1, 0.15) is 25.5 Å². The molecule has 3 rings (SSSR count). The Kier molecular flexibility index (Phi) is 8.53. The third kappa shape index (κ3) is 6.48. The smallest absolute Gasteiger partial charge is 0.261 e. The number of carbonyl (C=O) groups is 1. The second-order valence-electron chi connectivity index (χ2n) is 7.64. The number of amides is 1. The molecule has 0 saturated carbocycles. The molecule has 1 aromatic heterocycles. The number of nitrogens with two attached hydrogens (primary N) is 1. The Bertz CT molecular complexity index is 1000. The van der Waals surface area contributed by atoms with Gasteiger partial charge >= 0.3 is 0 Å². The number of nitrogens with one attached hydrogen (secondary N) is 2. The first-order valence-electron chi connectivity index (χ1n) is 10.7. The number of hydrogen-bond donors (Lipinski definition) is 4. The summed E-state index contributed by atoms with van der Waals surface area (Å²) in [7, 11) is 0. The van der Waals surface area contributed by atoms with Gasteiger partial charge in [-0.2, -0.15) is 12.6 Å². The monoisotopic (exact) mass is 450 g/mol. The Morgan fingerprint density at radius 3 is 2.34 bits per heavy atom. The summed E-state index contributed by atoms with van der Waals surface area (Å²) in [5.41, 5.74) is 9.42. The number of hydrogen-bond acceptors (Lipinski definition) is 6. The van der Waals surface area contributed by atoms with Crippen LogP contribution in [0.3, 0.4) is 0 Å². The molecule has 168 valence electrons. The van der Waals surface area contributed by atoms with E-state index in [4.69, 9.17) is 10.5 Å². The summed E-state index contributed by atoms with van der Waals surface area (Å²) in [5.74, 6) is 0.688. The Hall–Kier alpha value is -3.03. The van der Waals surface area contributed by atoms with Gasteiger partial charge in [-0.05, 0) is 31.5 Å². The standard InChI is InChI=1S/C25H30N4O2S/c1-17(19-9-5-3-6-10-19)28-24(30)18(2)31-25-23(27-15-21(26)16-32)14-13-22(29-25)20-11-7-4-8-12-20/h3-14,17-18,21,27,32H,15-16,26H2,1-2H3,(H,28,30)/t17-,18-,21?/m1/s1. The number of anilines is 1. The Labute approximate surface area is 195 Å². The predicted octanol–water partition coefficient (Wildman–Crippen LogP) is 4.06. The van der Waals surface area contributed by atoms with Crippen LogP contribution >= 0.6 is 12.6 Å². The molecule has 1 amide bonds. The minimum absolute atomic E-state index is 0.118. The maximum absolute atomic E-state index is 12.8. The van der Waals surface area contributed by atoms with Gasteiger partial charge in [0.25, 0.3) is 5.91 Å². The van der Waals surface area contributed by atoms with Crippen molar-refractivity contribution in [2.24, 2.45) is 5.73 Å². The maximum Gasteiger partial charge on any atom is 0.261 e. The number of ether oxygens (including phenoxy) is 1. The molecule has 3 atom stereocenters. The summed E-state index contributed by atoms with van der Waals surface area (Å²) in [6.45, 7) is 4.17. The van der Waals surface area contributed by atoms with Crippen LogP contribution in [-0.4, -0.2) is 35.3 Å². The van der Waals surface area contributed by atoms with Crippen LogP contribution in [0.2, 0.25) is 0 Å². The van der Waals surface area contributed by atoms with E-state index in [2.05, 4.69) is 28.2 Å². The fourth-order valence-electron chi connectivity index (χ4n) is 3.12. The molecule has 4 N–H and O–H groups in total. The number of benzene rings is 2. The zero-order chi connectivity index (χ0) is 22.9. The number of pyridine rings is 1. The zero-order valence-corrected chi connectivity index (χ0v) is 19.3. The van der Waals surface area contributed by atoms with Crippen LogP contribution in [0.4, 0.5) is 5.69 Å². The van der Waals surface area contributed by atoms with Gasteiger partial charge in [0, 0.05) is 23.9 Å². The summed E-state index contributed by atoms with van der Waals surface area (Å²) in [6, 6.07) is 23.2. The lowest BCUT2D eigenvalue weighted by atomic mass is 10.1. The third-order valence-electron chi connectivity index (χ3n) is 5.04. The molecule has 0 bridgehead atoms. The van der Waals surface area contributed by atoms with E-state index < -0.39 is 6.10 Å². The lowest BCUT2D eigenvalue weighted by molar-refractivity contribution is -0.128. The van der Waals surface area contributed by atoms with Crippen molar-refractivity contribution in [3.05, 3.63) is 78.4 Å². The Morgan fingerprint density at radius 1 is 1.03 bits per heavy atom. The van der Waals surface area contributed by atoms with Crippen LogP contribution < -0.4 is 21.1 Å². The lowest BCUT2D eigenvalue weighted by Gasteiger charge is -2.21. The first-order chi connectivity index (χ1) is 15.5. The Balaban J connectivity index is 1.77. The second-order valence-corrected chi connectivity index (χ2v) is 8.00. The quantitative estimate of drug-likeness (QED) is 0.350. The molecule has 0 fully saturated rings. The van der Waals surface area contributed by atoms with Crippen molar-refractivity contribution in [2.45, 2.75) is 32.0 Å². The third-order valence-corrected chi connectivity index (χ3v) is 5.50. The van der Waals surface area contributed by atoms with Crippen LogP contribution in [0.5, 0.6) is 5.88 Å². The van der Waals surface area contributed by atoms with Gasteiger partial charge in [-0.15, -0.1) is 0 Å². The molecule has 0 radical (unpaired) electrons. The van der Waals surface area contributed by atoms with Gasteiger partial charge in [0.15, 0.2) is 6.10 Å². The minimum atomic E-state index is -0.737. The fourth-order valence-corrected chi connectivity index (χ4v) is 3.25. The molecule has 6 nitrogen and oxygen atoms in total. The molecule has 0 aliphatic carbocycles. The predicted molar refractivity (Wildman–Crippen MR) is 133 cm³/mol. The molecular formula is C25H30N4O2S. The second kappa shape index (κ2) is 11.5. The minimum Gasteiger partial charge on any atom is -0.463 e. The molecule has 0 aliphatic heterocycles. The maximum atomic E-state index is 12.8. The van der Waals surface area contributed by atoms with E-state index in [-0.39, 0.29) is 18.0 Å². The largest absolute Gasteiger partial charge is 0.463 e. The molecule has 3 aromatic rings. The van der Waals surface area contributed by atoms with Crippen LogP contribution in [-0.2, 0) is 4.79 Å². The average molecular weight is 451 g/mol. The molecule has 32 heavy (non-hydrogen) atoms. The lowest BCUT2D eigenvalue weighted by Crippen LogP contribution is -2.38. The molecule has 1 unspecified atom stereocenters. The van der Waals surface area contributed by atoms with Crippen LogP contribution in [0.25, 0.3) is 11.3 Å². The van der Waals surface area contributed by atoms with Crippen molar-refractivity contribution >= 4 is 24.2 Å². The number of rotatable bonds is 10. The zero-order valence-electron chi connectivity index (χ0n) is 18.4. The highest BCUT2D eigenvalue weighted by Gasteiger charge is 2.20. The van der Waals surface area contributed by atoms with Gasteiger partial charge in [0.2, 0.25) is 5.88 Å². The van der Waals surface area contributed by atoms with Crippen molar-refractivity contribution < 1.29 is 9.53 Å². The van der Waals surface area contributed by atoms with Crippen molar-refractivity contribution in [1.82, 2.24) is 10.3 Å². The summed E-state index contributed by atoms with van der Waals surface area (Å²) in [6.07, 6.45) is -0.737. The van der Waals surface area contributed by atoms with E-state index in [0.717, 1.165) is 16.8 Å². The summed E-state index contributed by atoms with van der Waals surface area (Å²) in [5, 5.41) is 6.26. The summed E-state index contributed by atoms with van der Waals surface area (Å²) in [4.78, 5) is 17.5. The molecular weight excluding hydrogens is 420 g/mol. The first-order valence-corrected chi connectivity index (χ1v) is 11.3. The highest BCUT2D eigenvalue weighted by atomic mass is 32.1. The van der Waals surface area contributed by atoms with Gasteiger partial charge in [-0.25, -0.2) is 4.98 Å². The topological polar surface area (TPSA) is 89.3 Å². The highest BCUT2D eigenvalue weighted by molar-refractivity contribution is 7.80. The van der Waals surface area contributed by atoms with Crippen molar-refractivity contribution in [1.29, 1.82) is 0 Å². The summed E-state index contributed by atoms with van der Waals surface area (Å²) < 4.78 is 6.03. The van der Waals surface area contributed by atoms with E-state index >= 15 is 0 Å². The summed E-state index contributed by atoms with van der Waals surface area (Å²) >= 11 is 4.23. The van der Waals surface area contributed by atoms with E-state index in [1.807, 2.05) is 79.7 Å². The molecule has 7 heteroatoms. The number of nitrogens with zero attached hydrogens (tertiary/aromatic N) is 1. The van der Waals surface area contributed by atoms with Gasteiger partial charge in [0.1, 0.15) is 0 Å². The Morgan fingerprint density at radius 2 is 1.69 bits per heavy atom. The molecule has 0 saturated heterocycles. The van der Waals surface area contributed by atoms with Crippen molar-refractivity contribution in [3.63, 3.8) is 0 Å². The van der Waals surface area contributed by atoms with E-state index in [1.165, 1.54) is 0 Å². The molecule has 2 aromatic carbocycles. The van der Waals surface area contributed by atoms with Gasteiger partial charge in [-0.3, -0.25) is 4.79 Å². The van der Waals surface area contributed by atoms with E-state index in [0.29, 0.717) is 23.9 Å². The fraction of sp³-hybridized carbons (Fsp3) is 0.280. The molecule has 1 heterocycles. The average Bonchev–Trinajstić information content (AvgIpc) is 2.83. The van der Waals surface area contributed by atoms with Crippen LogP contribution in [0, 0.1) is 0 Å². The number of aromatic nitrogens is 1. The first kappa shape index (κ1) is 23.6. The van der Waals surface area contributed by atoms with Gasteiger partial charge in [0.05, 0.1) is 17.4 Å². The van der Waals surface area contributed by atoms with Crippen molar-refractivity contribution in [3.8, 4) is 17.1 Å². The molecule has 0 aliphatic rings. The van der Waals surface area contributed by atoms with Crippen molar-refractivity contribution in [2.75, 3.05) is 17.6 Å². The number of carbonyl (C=O) groups excluding carboxylic acids is 1. The SMILES string of the molecule is C[C@@H](Oc1nc(-c2ccccc2)ccc1NCC(N)CS)C(=O)N[C@H](C)c1ccccc1. The molecule has 0 spiro atoms. The van der Waals surface area contributed by atoms with E-state index in [1.54, 1.807) is 6.92 Å².